The van der Waals surface area contributed by atoms with Gasteiger partial charge in [0.25, 0.3) is 5.91 Å². The van der Waals surface area contributed by atoms with E-state index in [1.807, 2.05) is 12.1 Å². The molecule has 2 rings (SSSR count). The van der Waals surface area contributed by atoms with Crippen LogP contribution in [0.25, 0.3) is 0 Å². The molecule has 0 aromatic heterocycles. The molecule has 0 fully saturated rings. The molecule has 0 heterocycles. The van der Waals surface area contributed by atoms with Gasteiger partial charge in [0.15, 0.2) is 0 Å². The van der Waals surface area contributed by atoms with Gasteiger partial charge in [0.05, 0.1) is 0 Å². The fourth-order valence-electron chi connectivity index (χ4n) is 4.59. The van der Waals surface area contributed by atoms with Gasteiger partial charge < -0.3 is 10.6 Å². The van der Waals surface area contributed by atoms with E-state index in [-0.39, 0.29) is 17.7 Å². The molecule has 0 saturated heterocycles. The van der Waals surface area contributed by atoms with Gasteiger partial charge in [0.2, 0.25) is 5.91 Å². The van der Waals surface area contributed by atoms with Crippen molar-refractivity contribution < 1.29 is 9.59 Å². The van der Waals surface area contributed by atoms with Crippen LogP contribution < -0.4 is 10.6 Å². The second-order valence-corrected chi connectivity index (χ2v) is 9.51. The molecular weight excluding hydrogens is 396 g/mol. The van der Waals surface area contributed by atoms with Crippen LogP contribution in [0.3, 0.4) is 0 Å². The number of benzene rings is 1. The molecule has 0 saturated carbocycles. The van der Waals surface area contributed by atoms with Crippen molar-refractivity contribution in [1.29, 1.82) is 0 Å². The third-order valence-electron chi connectivity index (χ3n) is 6.71. The number of hydrogen-bond donors (Lipinski definition) is 2. The lowest BCUT2D eigenvalue weighted by Crippen LogP contribution is -2.34. The van der Waals surface area contributed by atoms with Crippen LogP contribution in [0.15, 0.2) is 18.2 Å². The number of nitrogens with one attached hydrogen (secondary N) is 2. The molecule has 1 aromatic carbocycles. The number of carbonyl (C=O) groups is 2. The monoisotopic (exact) mass is 442 g/mol. The summed E-state index contributed by atoms with van der Waals surface area (Å²) in [4.78, 5) is 25.1. The van der Waals surface area contributed by atoms with Crippen molar-refractivity contribution in [2.75, 3.05) is 13.1 Å². The minimum Gasteiger partial charge on any atom is -0.356 e. The van der Waals surface area contributed by atoms with E-state index in [1.165, 1.54) is 75.3 Å². The summed E-state index contributed by atoms with van der Waals surface area (Å²) in [5.41, 5.74) is 3.21. The Kier molecular flexibility index (Phi) is 13.1. The Balaban J connectivity index is 1.68. The summed E-state index contributed by atoms with van der Waals surface area (Å²) in [6, 6.07) is 6.02. The molecular formula is C28H46N2O2. The highest BCUT2D eigenvalue weighted by molar-refractivity contribution is 5.94. The molecule has 1 aromatic rings. The van der Waals surface area contributed by atoms with E-state index >= 15 is 0 Å². The summed E-state index contributed by atoms with van der Waals surface area (Å²) < 4.78 is 0. The number of hydrogen-bond acceptors (Lipinski definition) is 2. The Morgan fingerprint density at radius 1 is 0.781 bits per heavy atom. The molecule has 4 heteroatoms. The van der Waals surface area contributed by atoms with Gasteiger partial charge >= 0.3 is 0 Å². The molecule has 2 amide bonds. The van der Waals surface area contributed by atoms with Gasteiger partial charge in [-0.1, -0.05) is 84.1 Å². The molecule has 0 radical (unpaired) electrons. The lowest BCUT2D eigenvalue weighted by molar-refractivity contribution is -0.125. The lowest BCUT2D eigenvalue weighted by Gasteiger charge is -2.24. The smallest absolute Gasteiger partial charge is 0.251 e. The molecule has 2 N–H and O–H groups in total. The van der Waals surface area contributed by atoms with Gasteiger partial charge in [-0.25, -0.2) is 0 Å². The molecule has 0 spiro atoms. The summed E-state index contributed by atoms with van der Waals surface area (Å²) >= 11 is 0. The van der Waals surface area contributed by atoms with E-state index in [0.29, 0.717) is 0 Å². The third-order valence-corrected chi connectivity index (χ3v) is 6.71. The van der Waals surface area contributed by atoms with Crippen LogP contribution in [-0.2, 0) is 17.6 Å². The maximum atomic E-state index is 12.6. The van der Waals surface area contributed by atoms with Gasteiger partial charge in [-0.3, -0.25) is 9.59 Å². The molecule has 1 atom stereocenters. The molecule has 1 aliphatic rings. The normalized spacial score (nSPS) is 15.2. The summed E-state index contributed by atoms with van der Waals surface area (Å²) in [6.45, 7) is 6.01. The first-order chi connectivity index (χ1) is 15.7. The van der Waals surface area contributed by atoms with Crippen molar-refractivity contribution in [3.05, 3.63) is 34.9 Å². The number of aryl methyl sites for hydroxylation is 1. The highest BCUT2D eigenvalue weighted by atomic mass is 16.2. The Hall–Kier alpha value is -1.84. The first-order valence-electron chi connectivity index (χ1n) is 13.3. The highest BCUT2D eigenvalue weighted by Gasteiger charge is 2.25. The quantitative estimate of drug-likeness (QED) is 0.293. The number of fused-ring (bicyclic) bond motifs is 1. The fourth-order valence-corrected chi connectivity index (χ4v) is 4.59. The average molecular weight is 443 g/mol. The Bertz CT molecular complexity index is 686. The topological polar surface area (TPSA) is 58.2 Å². The molecule has 4 nitrogen and oxygen atoms in total. The first kappa shape index (κ1) is 26.4. The van der Waals surface area contributed by atoms with Crippen molar-refractivity contribution in [1.82, 2.24) is 10.6 Å². The van der Waals surface area contributed by atoms with E-state index < -0.39 is 0 Å². The average Bonchev–Trinajstić information content (AvgIpc) is 2.82. The van der Waals surface area contributed by atoms with Crippen molar-refractivity contribution in [2.45, 2.75) is 110 Å². The molecule has 1 unspecified atom stereocenters. The van der Waals surface area contributed by atoms with E-state index in [4.69, 9.17) is 0 Å². The zero-order valence-corrected chi connectivity index (χ0v) is 20.6. The summed E-state index contributed by atoms with van der Waals surface area (Å²) in [5.74, 6) is 0.292. The van der Waals surface area contributed by atoms with Gasteiger partial charge in [0, 0.05) is 24.6 Å². The van der Waals surface area contributed by atoms with Gasteiger partial charge in [-0.2, -0.15) is 0 Å². The van der Waals surface area contributed by atoms with E-state index in [2.05, 4.69) is 30.5 Å². The second-order valence-electron chi connectivity index (χ2n) is 9.51. The highest BCUT2D eigenvalue weighted by Crippen LogP contribution is 2.26. The maximum absolute atomic E-state index is 12.6. The SMILES string of the molecule is CCCCCCCCNC(=O)c1ccc2c(c1)CCC(C(=O)NCCCCCCCC)C2. The van der Waals surface area contributed by atoms with Crippen LogP contribution in [0.4, 0.5) is 0 Å². The number of carbonyl (C=O) groups excluding carboxylic acids is 2. The van der Waals surface area contributed by atoms with Gasteiger partial charge in [-0.15, -0.1) is 0 Å². The van der Waals surface area contributed by atoms with E-state index in [1.54, 1.807) is 0 Å². The molecule has 1 aliphatic carbocycles. The summed E-state index contributed by atoms with van der Waals surface area (Å²) in [6.07, 6.45) is 17.4. The molecule has 0 aliphatic heterocycles. The molecule has 180 valence electrons. The van der Waals surface area contributed by atoms with Crippen molar-refractivity contribution in [3.63, 3.8) is 0 Å². The number of unbranched alkanes of at least 4 members (excludes halogenated alkanes) is 10. The predicted octanol–water partition coefficient (Wildman–Crippen LogP) is 6.36. The van der Waals surface area contributed by atoms with Crippen LogP contribution in [0, 0.1) is 5.92 Å². The zero-order valence-electron chi connectivity index (χ0n) is 20.6. The Morgan fingerprint density at radius 3 is 2.03 bits per heavy atom. The molecule has 32 heavy (non-hydrogen) atoms. The van der Waals surface area contributed by atoms with Crippen LogP contribution in [-0.4, -0.2) is 24.9 Å². The maximum Gasteiger partial charge on any atom is 0.251 e. The largest absolute Gasteiger partial charge is 0.356 e. The van der Waals surface area contributed by atoms with Crippen LogP contribution in [0.1, 0.15) is 119 Å². The standard InChI is InChI=1S/C28H46N2O2/c1-3-5-7-9-11-13-19-29-27(31)25-17-15-24-22-26(18-16-23(24)21-25)28(32)30-20-14-12-10-8-6-4-2/h15,17,21,26H,3-14,16,18-20,22H2,1-2H3,(H,29,31)(H,30,32). The van der Waals surface area contributed by atoms with Gasteiger partial charge in [-0.05, 0) is 55.4 Å². The number of rotatable bonds is 16. The zero-order chi connectivity index (χ0) is 23.0. The predicted molar refractivity (Wildman–Crippen MR) is 134 cm³/mol. The third kappa shape index (κ3) is 9.75. The minimum atomic E-state index is 0.0279. The van der Waals surface area contributed by atoms with Crippen LogP contribution in [0.5, 0.6) is 0 Å². The second kappa shape index (κ2) is 15.9. The van der Waals surface area contributed by atoms with E-state index in [0.717, 1.165) is 50.8 Å². The van der Waals surface area contributed by atoms with Crippen molar-refractivity contribution in [2.24, 2.45) is 5.92 Å². The molecule has 0 bridgehead atoms. The van der Waals surface area contributed by atoms with Crippen LogP contribution in [0.2, 0.25) is 0 Å². The summed E-state index contributed by atoms with van der Waals surface area (Å²) in [7, 11) is 0. The summed E-state index contributed by atoms with van der Waals surface area (Å²) in [5, 5.41) is 6.21. The lowest BCUT2D eigenvalue weighted by atomic mass is 9.82. The van der Waals surface area contributed by atoms with Gasteiger partial charge in [0.1, 0.15) is 0 Å². The number of amides is 2. The van der Waals surface area contributed by atoms with Crippen LogP contribution >= 0.6 is 0 Å². The Morgan fingerprint density at radius 2 is 1.38 bits per heavy atom. The first-order valence-corrected chi connectivity index (χ1v) is 13.3. The fraction of sp³-hybridized carbons (Fsp3) is 0.714. The Labute approximate surface area is 196 Å². The van der Waals surface area contributed by atoms with Crippen molar-refractivity contribution in [3.8, 4) is 0 Å². The van der Waals surface area contributed by atoms with E-state index in [9.17, 15) is 9.59 Å². The van der Waals surface area contributed by atoms with Crippen molar-refractivity contribution >= 4 is 11.8 Å². The minimum absolute atomic E-state index is 0.0279.